The fraction of sp³-hybridized carbons (Fsp3) is 0.286. The zero-order chi connectivity index (χ0) is 14.5. The van der Waals surface area contributed by atoms with Gasteiger partial charge >= 0.3 is 0 Å². The average Bonchev–Trinajstić information content (AvgIpc) is 2.43. The quantitative estimate of drug-likeness (QED) is 0.762. The van der Waals surface area contributed by atoms with Crippen molar-refractivity contribution >= 4 is 49.2 Å². The first-order valence-corrected chi connectivity index (χ1v) is 7.98. The first-order chi connectivity index (χ1) is 9.65. The fourth-order valence-electron chi connectivity index (χ4n) is 1.94. The summed E-state index contributed by atoms with van der Waals surface area (Å²) in [5, 5.41) is 6.49. The van der Waals surface area contributed by atoms with Gasteiger partial charge < -0.3 is 10.6 Å². The Hall–Kier alpha value is -1.14. The lowest BCUT2D eigenvalue weighted by atomic mass is 10.1. The monoisotopic (exact) mass is 398 g/mol. The number of halogens is 2. The van der Waals surface area contributed by atoms with E-state index in [0.29, 0.717) is 0 Å². The Bertz CT molecular complexity index is 602. The lowest BCUT2D eigenvalue weighted by Gasteiger charge is -2.14. The Morgan fingerprint density at radius 1 is 1.15 bits per heavy atom. The van der Waals surface area contributed by atoms with Crippen LogP contribution < -0.4 is 10.6 Å². The van der Waals surface area contributed by atoms with Crippen molar-refractivity contribution in [3.63, 3.8) is 0 Å². The van der Waals surface area contributed by atoms with Crippen LogP contribution in [0, 0.1) is 0 Å². The number of aromatic nitrogens is 2. The normalized spacial score (nSPS) is 10.4. The summed E-state index contributed by atoms with van der Waals surface area (Å²) in [6.07, 6.45) is 3.53. The van der Waals surface area contributed by atoms with E-state index in [9.17, 15) is 0 Å². The van der Waals surface area contributed by atoms with Gasteiger partial charge in [0.15, 0.2) is 0 Å². The lowest BCUT2D eigenvalue weighted by molar-refractivity contribution is 0.905. The highest BCUT2D eigenvalue weighted by molar-refractivity contribution is 9.11. The first-order valence-electron chi connectivity index (χ1n) is 6.39. The van der Waals surface area contributed by atoms with Crippen molar-refractivity contribution in [1.82, 2.24) is 9.97 Å². The molecule has 0 amide bonds. The second kappa shape index (κ2) is 7.04. The van der Waals surface area contributed by atoms with Crippen LogP contribution >= 0.6 is 31.9 Å². The molecule has 0 saturated carbocycles. The summed E-state index contributed by atoms with van der Waals surface area (Å²) < 4.78 is 2.02. The third-order valence-electron chi connectivity index (χ3n) is 2.87. The summed E-state index contributed by atoms with van der Waals surface area (Å²) >= 11 is 7.00. The second-order valence-electron chi connectivity index (χ2n) is 4.30. The molecule has 6 heteroatoms. The highest BCUT2D eigenvalue weighted by Gasteiger charge is 2.11. The Labute approximate surface area is 135 Å². The van der Waals surface area contributed by atoms with Gasteiger partial charge in [-0.2, -0.15) is 0 Å². The summed E-state index contributed by atoms with van der Waals surface area (Å²) in [7, 11) is 1.88. The van der Waals surface area contributed by atoms with Gasteiger partial charge in [-0.05, 0) is 40.5 Å². The number of benzene rings is 1. The Morgan fingerprint density at radius 2 is 1.90 bits per heavy atom. The Kier molecular flexibility index (Phi) is 5.37. The summed E-state index contributed by atoms with van der Waals surface area (Å²) in [4.78, 5) is 8.64. The smallest absolute Gasteiger partial charge is 0.139 e. The molecule has 4 nitrogen and oxygen atoms in total. The van der Waals surface area contributed by atoms with Gasteiger partial charge in [-0.15, -0.1) is 0 Å². The van der Waals surface area contributed by atoms with Gasteiger partial charge in [0.1, 0.15) is 18.0 Å². The first kappa shape index (κ1) is 15.3. The predicted octanol–water partition coefficient (Wildman–Crippen LogP) is 4.74. The van der Waals surface area contributed by atoms with Crippen molar-refractivity contribution in [1.29, 1.82) is 0 Å². The molecule has 2 aromatic rings. The van der Waals surface area contributed by atoms with Crippen molar-refractivity contribution < 1.29 is 0 Å². The molecular weight excluding hydrogens is 384 g/mol. The largest absolute Gasteiger partial charge is 0.373 e. The van der Waals surface area contributed by atoms with E-state index in [1.54, 1.807) is 6.33 Å². The SMILES string of the molecule is CCCc1c(NC)ncnc1Nc1ccc(Br)cc1Br. The maximum atomic E-state index is 4.37. The van der Waals surface area contributed by atoms with E-state index in [2.05, 4.69) is 59.4 Å². The molecule has 1 aromatic carbocycles. The predicted molar refractivity (Wildman–Crippen MR) is 90.7 cm³/mol. The molecular formula is C14H16Br2N4. The van der Waals surface area contributed by atoms with Crippen LogP contribution in [0.15, 0.2) is 33.5 Å². The third-order valence-corrected chi connectivity index (χ3v) is 4.02. The number of anilines is 3. The van der Waals surface area contributed by atoms with Crippen LogP contribution in [-0.4, -0.2) is 17.0 Å². The average molecular weight is 400 g/mol. The Balaban J connectivity index is 2.37. The number of nitrogens with one attached hydrogen (secondary N) is 2. The summed E-state index contributed by atoms with van der Waals surface area (Å²) in [5.41, 5.74) is 2.08. The minimum atomic E-state index is 0.842. The van der Waals surface area contributed by atoms with Crippen LogP contribution in [0.1, 0.15) is 18.9 Å². The molecule has 0 unspecified atom stereocenters. The summed E-state index contributed by atoms with van der Waals surface area (Å²) in [6.45, 7) is 2.14. The van der Waals surface area contributed by atoms with Gasteiger partial charge in [0, 0.05) is 21.6 Å². The third kappa shape index (κ3) is 3.49. The molecule has 106 valence electrons. The van der Waals surface area contributed by atoms with Gasteiger partial charge in [0.25, 0.3) is 0 Å². The molecule has 0 aliphatic heterocycles. The highest BCUT2D eigenvalue weighted by Crippen LogP contribution is 2.30. The molecule has 0 radical (unpaired) electrons. The van der Waals surface area contributed by atoms with E-state index in [1.807, 2.05) is 25.2 Å². The van der Waals surface area contributed by atoms with E-state index in [-0.39, 0.29) is 0 Å². The van der Waals surface area contributed by atoms with E-state index < -0.39 is 0 Å². The standard InChI is InChI=1S/C14H16Br2N4/c1-3-4-10-13(17-2)18-8-19-14(10)20-12-6-5-9(15)7-11(12)16/h5-8H,3-4H2,1-2H3,(H2,17,18,19,20). The molecule has 0 bridgehead atoms. The van der Waals surface area contributed by atoms with Gasteiger partial charge in [-0.25, -0.2) is 9.97 Å². The fourth-order valence-corrected chi connectivity index (χ4v) is 3.09. The molecule has 0 saturated heterocycles. The molecule has 0 aliphatic carbocycles. The molecule has 2 N–H and O–H groups in total. The van der Waals surface area contributed by atoms with E-state index in [4.69, 9.17) is 0 Å². The van der Waals surface area contributed by atoms with Crippen LogP contribution in [0.3, 0.4) is 0 Å². The van der Waals surface area contributed by atoms with Crippen molar-refractivity contribution in [2.45, 2.75) is 19.8 Å². The highest BCUT2D eigenvalue weighted by atomic mass is 79.9. The second-order valence-corrected chi connectivity index (χ2v) is 6.07. The van der Waals surface area contributed by atoms with Crippen LogP contribution in [0.2, 0.25) is 0 Å². The number of hydrogen-bond acceptors (Lipinski definition) is 4. The van der Waals surface area contributed by atoms with Crippen LogP contribution in [0.4, 0.5) is 17.3 Å². The van der Waals surface area contributed by atoms with Crippen molar-refractivity contribution in [3.05, 3.63) is 39.0 Å². The van der Waals surface area contributed by atoms with Crippen molar-refractivity contribution in [2.24, 2.45) is 0 Å². The number of nitrogens with zero attached hydrogens (tertiary/aromatic N) is 2. The van der Waals surface area contributed by atoms with Crippen molar-refractivity contribution in [2.75, 3.05) is 17.7 Å². The van der Waals surface area contributed by atoms with E-state index in [1.165, 1.54) is 0 Å². The van der Waals surface area contributed by atoms with Gasteiger partial charge in [0.05, 0.1) is 5.69 Å². The Morgan fingerprint density at radius 3 is 2.55 bits per heavy atom. The van der Waals surface area contributed by atoms with Gasteiger partial charge in [-0.3, -0.25) is 0 Å². The van der Waals surface area contributed by atoms with Crippen molar-refractivity contribution in [3.8, 4) is 0 Å². The lowest BCUT2D eigenvalue weighted by Crippen LogP contribution is -2.05. The van der Waals surface area contributed by atoms with Crippen LogP contribution in [-0.2, 0) is 6.42 Å². The molecule has 20 heavy (non-hydrogen) atoms. The van der Waals surface area contributed by atoms with E-state index >= 15 is 0 Å². The molecule has 1 aromatic heterocycles. The zero-order valence-electron chi connectivity index (χ0n) is 11.4. The molecule has 1 heterocycles. The molecule has 0 spiro atoms. The maximum absolute atomic E-state index is 4.37. The summed E-state index contributed by atoms with van der Waals surface area (Å²) in [6, 6.07) is 6.00. The van der Waals surface area contributed by atoms with Gasteiger partial charge in [-0.1, -0.05) is 29.3 Å². The topological polar surface area (TPSA) is 49.8 Å². The minimum Gasteiger partial charge on any atom is -0.373 e. The minimum absolute atomic E-state index is 0.842. The zero-order valence-corrected chi connectivity index (χ0v) is 14.5. The summed E-state index contributed by atoms with van der Waals surface area (Å²) in [5.74, 6) is 1.71. The molecule has 0 fully saturated rings. The molecule has 0 aliphatic rings. The number of hydrogen-bond donors (Lipinski definition) is 2. The van der Waals surface area contributed by atoms with Crippen LogP contribution in [0.5, 0.6) is 0 Å². The molecule has 0 atom stereocenters. The number of rotatable bonds is 5. The molecule has 2 rings (SSSR count). The van der Waals surface area contributed by atoms with Crippen LogP contribution in [0.25, 0.3) is 0 Å². The van der Waals surface area contributed by atoms with Gasteiger partial charge in [0.2, 0.25) is 0 Å². The van der Waals surface area contributed by atoms with E-state index in [0.717, 1.165) is 44.7 Å². The maximum Gasteiger partial charge on any atom is 0.139 e.